The Morgan fingerprint density at radius 1 is 1.03 bits per heavy atom. The molecule has 0 bridgehead atoms. The molecule has 5 heteroatoms. The highest BCUT2D eigenvalue weighted by Crippen LogP contribution is 2.51. The van der Waals surface area contributed by atoms with Gasteiger partial charge in [0.1, 0.15) is 5.78 Å². The number of allylic oxidation sites excluding steroid dienone is 2. The molecule has 29 heavy (non-hydrogen) atoms. The van der Waals surface area contributed by atoms with Crippen molar-refractivity contribution in [2.75, 3.05) is 0 Å². The van der Waals surface area contributed by atoms with Crippen molar-refractivity contribution in [3.8, 4) is 0 Å². The Hall–Kier alpha value is -0.396. The molecule has 0 aromatic heterocycles. The van der Waals surface area contributed by atoms with Crippen molar-refractivity contribution < 1.29 is 14.0 Å². The predicted molar refractivity (Wildman–Crippen MR) is 128 cm³/mol. The van der Waals surface area contributed by atoms with E-state index in [1.54, 1.807) is 0 Å². The van der Waals surface area contributed by atoms with Crippen molar-refractivity contribution >= 4 is 22.2 Å². The van der Waals surface area contributed by atoms with Crippen LogP contribution in [0.2, 0.25) is 36.3 Å². The summed E-state index contributed by atoms with van der Waals surface area (Å²) in [7, 11) is -3.54. The fourth-order valence-electron chi connectivity index (χ4n) is 4.09. The zero-order chi connectivity index (χ0) is 22.6. The summed E-state index contributed by atoms with van der Waals surface area (Å²) >= 11 is 0. The Morgan fingerprint density at radius 3 is 2.03 bits per heavy atom. The van der Waals surface area contributed by atoms with Crippen LogP contribution in [0.25, 0.3) is 0 Å². The summed E-state index contributed by atoms with van der Waals surface area (Å²) in [5.41, 5.74) is 0.359. The summed E-state index contributed by atoms with van der Waals surface area (Å²) in [5.74, 6) is 2.32. The van der Waals surface area contributed by atoms with Crippen LogP contribution in [-0.4, -0.2) is 34.0 Å². The summed E-state index contributed by atoms with van der Waals surface area (Å²) in [4.78, 5) is 12.9. The molecule has 0 spiro atoms. The normalized spacial score (nSPS) is 29.6. The van der Waals surface area contributed by atoms with Crippen molar-refractivity contribution in [3.63, 3.8) is 0 Å². The van der Waals surface area contributed by atoms with Crippen molar-refractivity contribution in [1.29, 1.82) is 0 Å². The third-order valence-electron chi connectivity index (χ3n) is 8.26. The molecule has 0 N–H and O–H groups in total. The molecule has 0 unspecified atom stereocenters. The summed E-state index contributed by atoms with van der Waals surface area (Å²) in [6, 6.07) is 0. The highest BCUT2D eigenvalue weighted by Gasteiger charge is 2.59. The smallest absolute Gasteiger partial charge is 0.250 e. The van der Waals surface area contributed by atoms with Gasteiger partial charge in [0.25, 0.3) is 0 Å². The molecule has 0 amide bonds. The van der Waals surface area contributed by atoms with Crippen molar-refractivity contribution in [2.45, 2.75) is 116 Å². The summed E-state index contributed by atoms with van der Waals surface area (Å²) < 4.78 is 13.0. The number of rotatable bonds is 5. The minimum Gasteiger partial charge on any atom is -0.546 e. The number of ether oxygens (including phenoxy) is 1. The second kappa shape index (κ2) is 7.94. The largest absolute Gasteiger partial charge is 0.546 e. The van der Waals surface area contributed by atoms with E-state index in [-0.39, 0.29) is 17.1 Å². The topological polar surface area (TPSA) is 38.8 Å². The average molecular weight is 439 g/mol. The quantitative estimate of drug-likeness (QED) is 0.344. The number of hydrogen-bond donors (Lipinski definition) is 0. The zero-order valence-electron chi connectivity index (χ0n) is 21.1. The Morgan fingerprint density at radius 2 is 1.59 bits per heavy atom. The van der Waals surface area contributed by atoms with E-state index in [9.17, 15) is 4.79 Å². The van der Waals surface area contributed by atoms with Crippen LogP contribution in [0, 0.1) is 17.8 Å². The molecular formula is C24H46O3Si2. The van der Waals surface area contributed by atoms with Crippen LogP contribution >= 0.6 is 0 Å². The van der Waals surface area contributed by atoms with Crippen molar-refractivity contribution in [1.82, 2.24) is 0 Å². The molecule has 1 aliphatic heterocycles. The number of Topliss-reactive ketones (excluding diaryl/α,β-unsaturated/α-hetero) is 1. The van der Waals surface area contributed by atoms with Gasteiger partial charge in [0.15, 0.2) is 0 Å². The monoisotopic (exact) mass is 438 g/mol. The minimum atomic E-state index is -1.96. The van der Waals surface area contributed by atoms with Crippen molar-refractivity contribution in [3.05, 3.63) is 11.8 Å². The van der Waals surface area contributed by atoms with Gasteiger partial charge >= 0.3 is 0 Å². The fourth-order valence-corrected chi connectivity index (χ4v) is 7.61. The van der Waals surface area contributed by atoms with Crippen LogP contribution in [0.5, 0.6) is 0 Å². The van der Waals surface area contributed by atoms with Crippen LogP contribution in [0.15, 0.2) is 11.8 Å². The molecule has 2 rings (SSSR count). The van der Waals surface area contributed by atoms with E-state index in [0.717, 1.165) is 5.76 Å². The van der Waals surface area contributed by atoms with Gasteiger partial charge in [-0.2, -0.15) is 0 Å². The average Bonchev–Trinajstić information content (AvgIpc) is 3.28. The van der Waals surface area contributed by atoms with Crippen LogP contribution in [0.1, 0.15) is 68.2 Å². The van der Waals surface area contributed by atoms with Gasteiger partial charge in [-0.1, -0.05) is 68.5 Å². The first-order valence-corrected chi connectivity index (χ1v) is 17.4. The van der Waals surface area contributed by atoms with Crippen LogP contribution in [-0.2, 0) is 14.0 Å². The lowest BCUT2D eigenvalue weighted by molar-refractivity contribution is -0.120. The van der Waals surface area contributed by atoms with Gasteiger partial charge < -0.3 is 9.16 Å². The summed E-state index contributed by atoms with van der Waals surface area (Å²) in [6.07, 6.45) is 3.62. The first kappa shape index (κ1) is 24.9. The molecular weight excluding hydrogens is 392 g/mol. The number of ketones is 1. The lowest BCUT2D eigenvalue weighted by Gasteiger charge is -2.37. The molecule has 1 fully saturated rings. The van der Waals surface area contributed by atoms with E-state index in [1.807, 2.05) is 0 Å². The molecule has 1 aliphatic carbocycles. The van der Waals surface area contributed by atoms with E-state index < -0.39 is 16.4 Å². The maximum Gasteiger partial charge on any atom is 0.250 e. The van der Waals surface area contributed by atoms with Gasteiger partial charge in [0.2, 0.25) is 8.32 Å². The third kappa shape index (κ3) is 5.27. The minimum absolute atomic E-state index is 0.128. The SMILES string of the molecule is CC(C)[C@@H]1C=C(O[Si](C)(C)C(C)(C)C)CC(=O)C[C@@H]1[C@@H]1O[C@H]1[Si](C)(C)C(C)(C)C. The lowest BCUT2D eigenvalue weighted by atomic mass is 9.79. The fraction of sp³-hybridized carbons (Fsp3) is 0.875. The Kier molecular flexibility index (Phi) is 6.81. The lowest BCUT2D eigenvalue weighted by Crippen LogP contribution is -2.45. The van der Waals surface area contributed by atoms with E-state index in [2.05, 4.69) is 87.7 Å². The van der Waals surface area contributed by atoms with Gasteiger partial charge in [0, 0.05) is 12.3 Å². The second-order valence-corrected chi connectivity index (χ2v) is 23.1. The molecule has 0 aromatic carbocycles. The summed E-state index contributed by atoms with van der Waals surface area (Å²) in [5, 5.41) is 0.421. The van der Waals surface area contributed by atoms with Gasteiger partial charge in [-0.15, -0.1) is 0 Å². The first-order valence-electron chi connectivity index (χ1n) is 11.5. The Bertz CT molecular complexity index is 650. The van der Waals surface area contributed by atoms with Crippen LogP contribution < -0.4 is 0 Å². The predicted octanol–water partition coefficient (Wildman–Crippen LogP) is 6.96. The van der Waals surface area contributed by atoms with Crippen LogP contribution in [0.3, 0.4) is 0 Å². The van der Waals surface area contributed by atoms with Gasteiger partial charge in [0.05, 0.1) is 32.1 Å². The third-order valence-corrected chi connectivity index (χ3v) is 18.4. The first-order chi connectivity index (χ1) is 12.9. The van der Waals surface area contributed by atoms with E-state index in [0.29, 0.717) is 41.2 Å². The van der Waals surface area contributed by atoms with Crippen LogP contribution in [0.4, 0.5) is 0 Å². The number of carbonyl (C=O) groups excluding carboxylic acids is 1. The highest BCUT2D eigenvalue weighted by molar-refractivity contribution is 6.82. The van der Waals surface area contributed by atoms with E-state index in [4.69, 9.17) is 9.16 Å². The molecule has 1 saturated heterocycles. The Labute approximate surface area is 182 Å². The number of hydrogen-bond acceptors (Lipinski definition) is 3. The zero-order valence-corrected chi connectivity index (χ0v) is 23.1. The van der Waals surface area contributed by atoms with Gasteiger partial charge in [-0.3, -0.25) is 4.79 Å². The molecule has 0 aromatic rings. The second-order valence-electron chi connectivity index (χ2n) is 12.9. The highest BCUT2D eigenvalue weighted by atomic mass is 28.4. The molecule has 3 nitrogen and oxygen atoms in total. The molecule has 4 atom stereocenters. The maximum atomic E-state index is 12.9. The standard InChI is InChI=1S/C24H46O3Si2/c1-16(2)19-15-18(27-29(11,12)24(6,7)8)13-17(25)14-20(19)21-22(26-21)28(9,10)23(3,4)5/h15-16,19-22H,13-14H2,1-12H3/t19-,20-,21-,22-/m0/s1. The van der Waals surface area contributed by atoms with Gasteiger partial charge in [-0.25, -0.2) is 0 Å². The number of epoxide rings is 1. The molecule has 168 valence electrons. The molecule has 2 aliphatic rings. The van der Waals surface area contributed by atoms with Gasteiger partial charge in [-0.05, 0) is 41.1 Å². The number of carbonyl (C=O) groups is 1. The Balaban J connectivity index is 2.30. The van der Waals surface area contributed by atoms with Crippen molar-refractivity contribution in [2.24, 2.45) is 17.8 Å². The van der Waals surface area contributed by atoms with E-state index >= 15 is 0 Å². The molecule has 1 heterocycles. The summed E-state index contributed by atoms with van der Waals surface area (Å²) in [6.45, 7) is 27.8. The molecule has 0 radical (unpaired) electrons. The maximum absolute atomic E-state index is 12.9. The van der Waals surface area contributed by atoms with E-state index in [1.165, 1.54) is 0 Å². The molecule has 0 saturated carbocycles.